The predicted molar refractivity (Wildman–Crippen MR) is 330 cm³/mol. The molecule has 0 spiro atoms. The summed E-state index contributed by atoms with van der Waals surface area (Å²) < 4.78 is 23.5. The number of rotatable bonds is 65. The highest BCUT2D eigenvalue weighted by molar-refractivity contribution is 7.45. The van der Waals surface area contributed by atoms with Gasteiger partial charge in [-0.15, -0.1) is 0 Å². The Balaban J connectivity index is 3.91. The van der Waals surface area contributed by atoms with Crippen molar-refractivity contribution in [1.29, 1.82) is 0 Å². The number of carbonyl (C=O) groups is 1. The van der Waals surface area contributed by atoms with Crippen molar-refractivity contribution in [2.45, 2.75) is 386 Å². The standard InChI is InChI=1S/C67H137N2O6P/c1-6-8-10-12-14-16-18-20-22-24-26-27-28-29-30-31-32-33-34-35-36-37-38-39-40-41-43-45-47-49-51-53-55-57-59-61-67(71)68-65(64-75-76(72,73)74-63-62-69(3,4)5)66(70)60-58-56-54-52-50-48-46-44-42-25-23-21-19-17-15-13-11-9-7-2/h65-66,70H,6-64H2,1-5H3,(H-,68,71,72,73). The quantitative estimate of drug-likeness (QED) is 0.0357. The van der Waals surface area contributed by atoms with Crippen LogP contribution < -0.4 is 10.2 Å². The Morgan fingerprint density at radius 2 is 0.645 bits per heavy atom. The molecular formula is C67H137N2O6P. The number of phosphoric acid groups is 1. The zero-order chi connectivity index (χ0) is 55.6. The SMILES string of the molecule is CCCCCCCCCCCCCCCCCCCCCCCCCCCCCCCCCCCCCC(=O)NC(COP(=O)([O-])OCC[N+](C)(C)C)C(O)CCCCCCCCCCCCCCCCCCCCC. The lowest BCUT2D eigenvalue weighted by atomic mass is 10.0. The molecule has 0 rings (SSSR count). The van der Waals surface area contributed by atoms with E-state index in [0.29, 0.717) is 23.9 Å². The van der Waals surface area contributed by atoms with E-state index >= 15 is 0 Å². The molecule has 0 aromatic rings. The molecule has 0 saturated heterocycles. The molecule has 1 amide bonds. The maximum atomic E-state index is 13.0. The van der Waals surface area contributed by atoms with Crippen molar-refractivity contribution in [3.05, 3.63) is 0 Å². The van der Waals surface area contributed by atoms with Crippen LogP contribution in [0.2, 0.25) is 0 Å². The van der Waals surface area contributed by atoms with Gasteiger partial charge in [-0.3, -0.25) is 9.36 Å². The van der Waals surface area contributed by atoms with Crippen LogP contribution in [0.5, 0.6) is 0 Å². The Kier molecular flexibility index (Phi) is 58.7. The van der Waals surface area contributed by atoms with Crippen molar-refractivity contribution in [2.75, 3.05) is 40.9 Å². The van der Waals surface area contributed by atoms with Gasteiger partial charge in [0.2, 0.25) is 5.91 Å². The van der Waals surface area contributed by atoms with Crippen LogP contribution in [-0.4, -0.2) is 68.5 Å². The summed E-state index contributed by atoms with van der Waals surface area (Å²) in [6, 6.07) is -0.796. The first-order chi connectivity index (χ1) is 37.0. The number of hydrogen-bond acceptors (Lipinski definition) is 6. The van der Waals surface area contributed by atoms with Gasteiger partial charge in [-0.1, -0.05) is 354 Å². The third-order valence-corrected chi connectivity index (χ3v) is 17.3. The summed E-state index contributed by atoms with van der Waals surface area (Å²) in [5, 5.41) is 14.1. The van der Waals surface area contributed by atoms with Crippen molar-refractivity contribution in [3.63, 3.8) is 0 Å². The highest BCUT2D eigenvalue weighted by atomic mass is 31.2. The molecule has 0 bridgehead atoms. The number of hydrogen-bond donors (Lipinski definition) is 2. The third-order valence-electron chi connectivity index (χ3n) is 16.3. The number of phosphoric ester groups is 1. The lowest BCUT2D eigenvalue weighted by Gasteiger charge is -2.30. The number of aliphatic hydroxyl groups excluding tert-OH is 1. The third kappa shape index (κ3) is 61.1. The van der Waals surface area contributed by atoms with E-state index in [1.165, 1.54) is 308 Å². The summed E-state index contributed by atoms with van der Waals surface area (Å²) in [5.41, 5.74) is 0. The predicted octanol–water partition coefficient (Wildman–Crippen LogP) is 20.9. The fraction of sp³-hybridized carbons (Fsp3) is 0.985. The number of carbonyl (C=O) groups excluding carboxylic acids is 1. The molecule has 0 aromatic carbocycles. The van der Waals surface area contributed by atoms with Crippen LogP contribution in [0, 0.1) is 0 Å². The number of amides is 1. The minimum absolute atomic E-state index is 0.0168. The number of aliphatic hydroxyl groups is 1. The highest BCUT2D eigenvalue weighted by Crippen LogP contribution is 2.38. The maximum Gasteiger partial charge on any atom is 0.268 e. The molecule has 76 heavy (non-hydrogen) atoms. The largest absolute Gasteiger partial charge is 0.756 e. The zero-order valence-corrected chi connectivity index (χ0v) is 53.2. The van der Waals surface area contributed by atoms with Crippen molar-refractivity contribution >= 4 is 13.7 Å². The number of likely N-dealkylation sites (N-methyl/N-ethyl adjacent to an activating group) is 1. The molecule has 0 saturated carbocycles. The van der Waals surface area contributed by atoms with E-state index in [2.05, 4.69) is 19.2 Å². The first kappa shape index (κ1) is 75.5. The van der Waals surface area contributed by atoms with Gasteiger partial charge in [0.05, 0.1) is 39.9 Å². The monoisotopic (exact) mass is 1100 g/mol. The van der Waals surface area contributed by atoms with Gasteiger partial charge in [0.1, 0.15) is 13.2 Å². The van der Waals surface area contributed by atoms with Crippen molar-refractivity contribution < 1.29 is 32.9 Å². The Hall–Kier alpha value is -0.500. The fourth-order valence-electron chi connectivity index (χ4n) is 11.0. The molecule has 9 heteroatoms. The molecule has 3 atom stereocenters. The van der Waals surface area contributed by atoms with E-state index < -0.39 is 20.0 Å². The number of nitrogens with one attached hydrogen (secondary N) is 1. The van der Waals surface area contributed by atoms with Crippen LogP contribution in [0.3, 0.4) is 0 Å². The van der Waals surface area contributed by atoms with Gasteiger partial charge in [-0.25, -0.2) is 0 Å². The van der Waals surface area contributed by atoms with Crippen LogP contribution in [0.15, 0.2) is 0 Å². The average Bonchev–Trinajstić information content (AvgIpc) is 3.38. The maximum absolute atomic E-state index is 13.0. The van der Waals surface area contributed by atoms with Gasteiger partial charge in [-0.05, 0) is 12.8 Å². The van der Waals surface area contributed by atoms with Crippen molar-refractivity contribution in [1.82, 2.24) is 5.32 Å². The summed E-state index contributed by atoms with van der Waals surface area (Å²) in [4.78, 5) is 25.6. The highest BCUT2D eigenvalue weighted by Gasteiger charge is 2.24. The summed E-state index contributed by atoms with van der Waals surface area (Å²) in [6.45, 7) is 4.79. The summed E-state index contributed by atoms with van der Waals surface area (Å²) in [5.74, 6) is -0.154. The van der Waals surface area contributed by atoms with Crippen LogP contribution in [-0.2, 0) is 18.4 Å². The molecule has 0 radical (unpaired) electrons. The van der Waals surface area contributed by atoms with Gasteiger partial charge in [0, 0.05) is 6.42 Å². The molecule has 0 aromatic heterocycles. The normalized spacial score (nSPS) is 13.6. The van der Waals surface area contributed by atoms with Crippen LogP contribution in [0.1, 0.15) is 373 Å². The van der Waals surface area contributed by atoms with Crippen molar-refractivity contribution in [2.24, 2.45) is 0 Å². The second kappa shape index (κ2) is 59.1. The van der Waals surface area contributed by atoms with Crippen molar-refractivity contribution in [3.8, 4) is 0 Å². The summed E-state index contributed by atoms with van der Waals surface area (Å²) in [6.07, 6.45) is 73.3. The first-order valence-corrected chi connectivity index (χ1v) is 35.8. The van der Waals surface area contributed by atoms with E-state index in [-0.39, 0.29) is 19.1 Å². The number of unbranched alkanes of at least 4 members (excludes halogenated alkanes) is 52. The topological polar surface area (TPSA) is 108 Å². The first-order valence-electron chi connectivity index (χ1n) is 34.4. The lowest BCUT2D eigenvalue weighted by molar-refractivity contribution is -0.870. The van der Waals surface area contributed by atoms with E-state index in [0.717, 1.165) is 38.5 Å². The molecule has 3 unspecified atom stereocenters. The zero-order valence-electron chi connectivity index (χ0n) is 52.3. The van der Waals surface area contributed by atoms with E-state index in [1.54, 1.807) is 0 Å². The minimum atomic E-state index is -4.57. The number of quaternary nitrogens is 1. The second-order valence-electron chi connectivity index (χ2n) is 25.3. The van der Waals surface area contributed by atoms with E-state index in [9.17, 15) is 19.4 Å². The molecule has 2 N–H and O–H groups in total. The van der Waals surface area contributed by atoms with Gasteiger partial charge in [0.25, 0.3) is 7.82 Å². The Morgan fingerprint density at radius 1 is 0.408 bits per heavy atom. The second-order valence-corrected chi connectivity index (χ2v) is 26.7. The minimum Gasteiger partial charge on any atom is -0.756 e. The Morgan fingerprint density at radius 3 is 0.895 bits per heavy atom. The van der Waals surface area contributed by atoms with Crippen LogP contribution >= 0.6 is 7.82 Å². The number of nitrogens with zero attached hydrogens (tertiary/aromatic N) is 1. The van der Waals surface area contributed by atoms with Gasteiger partial charge >= 0.3 is 0 Å². The Bertz CT molecular complexity index is 1200. The van der Waals surface area contributed by atoms with Gasteiger partial charge < -0.3 is 28.8 Å². The van der Waals surface area contributed by atoms with Gasteiger partial charge in [-0.2, -0.15) is 0 Å². The molecule has 0 heterocycles. The van der Waals surface area contributed by atoms with Crippen LogP contribution in [0.25, 0.3) is 0 Å². The fourth-order valence-corrected chi connectivity index (χ4v) is 11.7. The van der Waals surface area contributed by atoms with Gasteiger partial charge in [0.15, 0.2) is 0 Å². The Labute approximate surface area is 476 Å². The molecule has 0 aliphatic carbocycles. The summed E-state index contributed by atoms with van der Waals surface area (Å²) >= 11 is 0. The molecule has 0 aliphatic rings. The molecular weight excluding hydrogens is 960 g/mol. The molecule has 8 nitrogen and oxygen atoms in total. The van der Waals surface area contributed by atoms with E-state index in [4.69, 9.17) is 9.05 Å². The summed E-state index contributed by atoms with van der Waals surface area (Å²) in [7, 11) is 1.33. The lowest BCUT2D eigenvalue weighted by Crippen LogP contribution is -2.46. The van der Waals surface area contributed by atoms with E-state index in [1.807, 2.05) is 21.1 Å². The smallest absolute Gasteiger partial charge is 0.268 e. The molecule has 0 fully saturated rings. The molecule has 0 aliphatic heterocycles. The average molecular weight is 1100 g/mol. The van der Waals surface area contributed by atoms with Crippen LogP contribution in [0.4, 0.5) is 0 Å². The molecule has 456 valence electrons.